The molecule has 23 heavy (non-hydrogen) atoms. The highest BCUT2D eigenvalue weighted by atomic mass is 127. The predicted octanol–water partition coefficient (Wildman–Crippen LogP) is 3.17. The molecule has 0 amide bonds. The summed E-state index contributed by atoms with van der Waals surface area (Å²) in [5.74, 6) is 1.65. The normalized spacial score (nSPS) is 20.7. The van der Waals surface area contributed by atoms with Crippen LogP contribution in [0.4, 0.5) is 11.8 Å². The average Bonchev–Trinajstić information content (AvgIpc) is 3.16. The van der Waals surface area contributed by atoms with Crippen molar-refractivity contribution in [1.82, 2.24) is 19.6 Å². The van der Waals surface area contributed by atoms with Gasteiger partial charge in [-0.2, -0.15) is 4.98 Å². The van der Waals surface area contributed by atoms with E-state index in [1.807, 2.05) is 36.7 Å². The minimum Gasteiger partial charge on any atom is -0.367 e. The molecule has 1 saturated carbocycles. The summed E-state index contributed by atoms with van der Waals surface area (Å²) in [6.45, 7) is 0. The zero-order chi connectivity index (χ0) is 15.6. The van der Waals surface area contributed by atoms with Crippen molar-refractivity contribution in [3.63, 3.8) is 0 Å². The molecular weight excluding hydrogens is 403 g/mol. The van der Waals surface area contributed by atoms with Crippen LogP contribution < -0.4 is 10.6 Å². The molecule has 2 atom stereocenters. The van der Waals surface area contributed by atoms with Gasteiger partial charge >= 0.3 is 0 Å². The fourth-order valence-corrected chi connectivity index (χ4v) is 3.31. The molecule has 0 spiro atoms. The molecule has 7 heteroatoms. The van der Waals surface area contributed by atoms with E-state index in [4.69, 9.17) is 0 Å². The van der Waals surface area contributed by atoms with Crippen LogP contribution in [0.2, 0.25) is 0 Å². The van der Waals surface area contributed by atoms with Crippen LogP contribution in [0.5, 0.6) is 0 Å². The second-order valence-electron chi connectivity index (χ2n) is 5.80. The van der Waals surface area contributed by atoms with Gasteiger partial charge in [0.2, 0.25) is 5.95 Å². The minimum atomic E-state index is 0.397. The number of anilines is 2. The molecule has 4 rings (SSSR count). The molecular formula is C16H17IN6. The summed E-state index contributed by atoms with van der Waals surface area (Å²) in [7, 11) is 0. The summed E-state index contributed by atoms with van der Waals surface area (Å²) in [5, 5.41) is 11.4. The van der Waals surface area contributed by atoms with Crippen LogP contribution in [0.3, 0.4) is 0 Å². The monoisotopic (exact) mass is 420 g/mol. The fourth-order valence-electron chi connectivity index (χ4n) is 2.99. The number of halogens is 1. The summed E-state index contributed by atoms with van der Waals surface area (Å²) in [5.41, 5.74) is 0.866. The van der Waals surface area contributed by atoms with Crippen molar-refractivity contribution in [2.75, 3.05) is 10.6 Å². The first-order chi connectivity index (χ1) is 11.3. The van der Waals surface area contributed by atoms with Gasteiger partial charge in [-0.3, -0.25) is 0 Å². The Morgan fingerprint density at radius 3 is 2.74 bits per heavy atom. The minimum absolute atomic E-state index is 0.397. The molecule has 1 aliphatic rings. The van der Waals surface area contributed by atoms with E-state index in [1.165, 1.54) is 0 Å². The van der Waals surface area contributed by atoms with Gasteiger partial charge in [0.15, 0.2) is 5.65 Å². The first kappa shape index (κ1) is 14.7. The molecule has 118 valence electrons. The topological polar surface area (TPSA) is 67.1 Å². The zero-order valence-electron chi connectivity index (χ0n) is 12.5. The predicted molar refractivity (Wildman–Crippen MR) is 98.6 cm³/mol. The van der Waals surface area contributed by atoms with Crippen molar-refractivity contribution in [3.05, 3.63) is 46.3 Å². The van der Waals surface area contributed by atoms with Crippen molar-refractivity contribution in [1.29, 1.82) is 0 Å². The Kier molecular flexibility index (Phi) is 4.02. The van der Waals surface area contributed by atoms with Gasteiger partial charge in [-0.05, 0) is 66.1 Å². The standard InChI is InChI=1S/C16H17IN6/c17-11-4-7-14(18-10-11)19-12-5-6-13(9-12)20-16-21-15-3-1-2-8-23(15)22-16/h1-4,7-8,10,12-13H,5-6,9H2,(H,18,19)(H,20,22)/t12-,13-/m0/s1. The van der Waals surface area contributed by atoms with E-state index in [9.17, 15) is 0 Å². The highest BCUT2D eigenvalue weighted by molar-refractivity contribution is 14.1. The van der Waals surface area contributed by atoms with E-state index >= 15 is 0 Å². The van der Waals surface area contributed by atoms with Gasteiger partial charge in [0.25, 0.3) is 0 Å². The highest BCUT2D eigenvalue weighted by Gasteiger charge is 2.25. The van der Waals surface area contributed by atoms with Crippen molar-refractivity contribution in [2.24, 2.45) is 0 Å². The van der Waals surface area contributed by atoms with Gasteiger partial charge in [0, 0.05) is 28.0 Å². The number of nitrogens with one attached hydrogen (secondary N) is 2. The summed E-state index contributed by atoms with van der Waals surface area (Å²) in [4.78, 5) is 8.91. The molecule has 0 bridgehead atoms. The first-order valence-electron chi connectivity index (χ1n) is 7.72. The van der Waals surface area contributed by atoms with Crippen LogP contribution >= 0.6 is 22.6 Å². The number of aromatic nitrogens is 4. The van der Waals surface area contributed by atoms with Crippen LogP contribution in [-0.4, -0.2) is 31.7 Å². The summed E-state index contributed by atoms with van der Waals surface area (Å²) < 4.78 is 2.94. The molecule has 0 radical (unpaired) electrons. The molecule has 0 unspecified atom stereocenters. The molecule has 0 aromatic carbocycles. The maximum atomic E-state index is 4.50. The first-order valence-corrected chi connectivity index (χ1v) is 8.80. The van der Waals surface area contributed by atoms with Crippen molar-refractivity contribution >= 4 is 40.0 Å². The maximum Gasteiger partial charge on any atom is 0.243 e. The lowest BCUT2D eigenvalue weighted by atomic mass is 10.2. The van der Waals surface area contributed by atoms with Gasteiger partial charge in [0.1, 0.15) is 5.82 Å². The van der Waals surface area contributed by atoms with Crippen molar-refractivity contribution in [3.8, 4) is 0 Å². The number of hydrogen-bond donors (Lipinski definition) is 2. The molecule has 0 aliphatic heterocycles. The third-order valence-corrected chi connectivity index (χ3v) is 4.72. The number of hydrogen-bond acceptors (Lipinski definition) is 5. The lowest BCUT2D eigenvalue weighted by molar-refractivity contribution is 0.716. The highest BCUT2D eigenvalue weighted by Crippen LogP contribution is 2.24. The summed E-state index contributed by atoms with van der Waals surface area (Å²) >= 11 is 2.27. The average molecular weight is 420 g/mol. The Bertz CT molecular complexity index is 767. The smallest absolute Gasteiger partial charge is 0.243 e. The van der Waals surface area contributed by atoms with Gasteiger partial charge in [-0.1, -0.05) is 6.07 Å². The number of fused-ring (bicyclic) bond motifs is 1. The Hall–Kier alpha value is -1.90. The molecule has 0 saturated heterocycles. The third-order valence-electron chi connectivity index (χ3n) is 4.09. The van der Waals surface area contributed by atoms with Gasteiger partial charge in [-0.15, -0.1) is 5.10 Å². The molecule has 3 aromatic rings. The molecule has 2 N–H and O–H groups in total. The lowest BCUT2D eigenvalue weighted by Gasteiger charge is -2.14. The SMILES string of the molecule is Ic1ccc(N[C@H]2CC[C@H](Nc3nc4ccccn4n3)C2)nc1. The Morgan fingerprint density at radius 1 is 1.09 bits per heavy atom. The van der Waals surface area contributed by atoms with Gasteiger partial charge in [0.05, 0.1) is 0 Å². The summed E-state index contributed by atoms with van der Waals surface area (Å²) in [6, 6.07) is 10.8. The van der Waals surface area contributed by atoms with Crippen LogP contribution in [0.25, 0.3) is 5.65 Å². The third kappa shape index (κ3) is 3.39. The van der Waals surface area contributed by atoms with E-state index < -0.39 is 0 Å². The zero-order valence-corrected chi connectivity index (χ0v) is 14.6. The fraction of sp³-hybridized carbons (Fsp3) is 0.312. The number of pyridine rings is 2. The summed E-state index contributed by atoms with van der Waals surface area (Å²) in [6.07, 6.45) is 7.07. The molecule has 1 fully saturated rings. The molecule has 1 aliphatic carbocycles. The van der Waals surface area contributed by atoms with Crippen molar-refractivity contribution < 1.29 is 0 Å². The number of rotatable bonds is 4. The molecule has 6 nitrogen and oxygen atoms in total. The van der Waals surface area contributed by atoms with Gasteiger partial charge in [-0.25, -0.2) is 9.50 Å². The van der Waals surface area contributed by atoms with E-state index in [-0.39, 0.29) is 0 Å². The van der Waals surface area contributed by atoms with E-state index in [1.54, 1.807) is 4.52 Å². The van der Waals surface area contributed by atoms with Crippen molar-refractivity contribution in [2.45, 2.75) is 31.3 Å². The van der Waals surface area contributed by atoms with E-state index in [0.717, 1.165) is 34.3 Å². The van der Waals surface area contributed by atoms with Crippen LogP contribution in [0.15, 0.2) is 42.7 Å². The second-order valence-corrected chi connectivity index (χ2v) is 7.04. The van der Waals surface area contributed by atoms with Crippen LogP contribution in [0.1, 0.15) is 19.3 Å². The van der Waals surface area contributed by atoms with Crippen LogP contribution in [-0.2, 0) is 0 Å². The van der Waals surface area contributed by atoms with Gasteiger partial charge < -0.3 is 10.6 Å². The number of nitrogens with zero attached hydrogens (tertiary/aromatic N) is 4. The second kappa shape index (κ2) is 6.31. The Morgan fingerprint density at radius 2 is 1.96 bits per heavy atom. The molecule has 3 aromatic heterocycles. The van der Waals surface area contributed by atoms with E-state index in [2.05, 4.69) is 54.4 Å². The van der Waals surface area contributed by atoms with E-state index in [0.29, 0.717) is 18.0 Å². The lowest BCUT2D eigenvalue weighted by Crippen LogP contribution is -2.21. The maximum absolute atomic E-state index is 4.50. The Labute approximate surface area is 147 Å². The quantitative estimate of drug-likeness (QED) is 0.635. The van der Waals surface area contributed by atoms with Crippen LogP contribution in [0, 0.1) is 3.57 Å². The largest absolute Gasteiger partial charge is 0.367 e. The molecule has 3 heterocycles. The Balaban J connectivity index is 1.37.